The van der Waals surface area contributed by atoms with E-state index in [9.17, 15) is 4.79 Å². The third-order valence-electron chi connectivity index (χ3n) is 3.57. The van der Waals surface area contributed by atoms with E-state index in [-0.39, 0.29) is 17.6 Å². The highest BCUT2D eigenvalue weighted by Crippen LogP contribution is 2.51. The fraction of sp³-hybridized carbons (Fsp3) is 0.286. The van der Waals surface area contributed by atoms with Crippen molar-refractivity contribution in [1.29, 1.82) is 0 Å². The third-order valence-corrected chi connectivity index (χ3v) is 3.57. The number of aliphatic hydroxyl groups excluding tert-OH is 1. The maximum absolute atomic E-state index is 11.7. The zero-order valence-electron chi connectivity index (χ0n) is 9.89. The zero-order valence-corrected chi connectivity index (χ0v) is 9.89. The van der Waals surface area contributed by atoms with Crippen molar-refractivity contribution < 1.29 is 5.11 Å². The summed E-state index contributed by atoms with van der Waals surface area (Å²) in [6.07, 6.45) is 3.47. The molecule has 0 atom stereocenters. The van der Waals surface area contributed by atoms with Gasteiger partial charge >= 0.3 is 0 Å². The molecular weight excluding hydrogens is 228 g/mol. The molecule has 1 heterocycles. The molecule has 4 nitrogen and oxygen atoms in total. The van der Waals surface area contributed by atoms with Crippen molar-refractivity contribution in [1.82, 2.24) is 9.97 Å². The smallest absolute Gasteiger partial charge is 0.256 e. The molecule has 0 saturated heterocycles. The minimum absolute atomic E-state index is 0.131. The van der Waals surface area contributed by atoms with E-state index in [1.165, 1.54) is 11.8 Å². The SMILES string of the molecule is O=c1[nH]c(C2(c3ccccc3)CC2)ncc1CO. The lowest BCUT2D eigenvalue weighted by Crippen LogP contribution is -2.22. The summed E-state index contributed by atoms with van der Waals surface area (Å²) < 4.78 is 0. The molecule has 0 amide bonds. The average molecular weight is 242 g/mol. The van der Waals surface area contributed by atoms with Crippen LogP contribution in [0.2, 0.25) is 0 Å². The summed E-state index contributed by atoms with van der Waals surface area (Å²) in [5, 5.41) is 8.98. The molecule has 1 saturated carbocycles. The van der Waals surface area contributed by atoms with Crippen molar-refractivity contribution in [3.63, 3.8) is 0 Å². The molecular formula is C14H14N2O2. The number of aromatic amines is 1. The number of nitrogens with zero attached hydrogens (tertiary/aromatic N) is 1. The fourth-order valence-electron chi connectivity index (χ4n) is 2.32. The first-order chi connectivity index (χ1) is 8.76. The first-order valence-electron chi connectivity index (χ1n) is 6.01. The Hall–Kier alpha value is -1.94. The Balaban J connectivity index is 2.06. The summed E-state index contributed by atoms with van der Waals surface area (Å²) >= 11 is 0. The molecule has 0 aliphatic heterocycles. The van der Waals surface area contributed by atoms with Gasteiger partial charge in [0.1, 0.15) is 5.82 Å². The van der Waals surface area contributed by atoms with Crippen LogP contribution in [0.5, 0.6) is 0 Å². The predicted molar refractivity (Wildman–Crippen MR) is 67.2 cm³/mol. The molecule has 92 valence electrons. The molecule has 0 unspecified atom stereocenters. The average Bonchev–Trinajstić information content (AvgIpc) is 3.21. The number of aromatic nitrogens is 2. The van der Waals surface area contributed by atoms with Crippen LogP contribution in [0.4, 0.5) is 0 Å². The number of nitrogens with one attached hydrogen (secondary N) is 1. The Labute approximate surface area is 104 Å². The van der Waals surface area contributed by atoms with Gasteiger partial charge in [0.05, 0.1) is 17.6 Å². The number of hydrogen-bond donors (Lipinski definition) is 2. The van der Waals surface area contributed by atoms with Crippen LogP contribution in [0.1, 0.15) is 29.8 Å². The van der Waals surface area contributed by atoms with Gasteiger partial charge in [0, 0.05) is 6.20 Å². The number of aliphatic hydroxyl groups is 1. The second-order valence-corrected chi connectivity index (χ2v) is 4.69. The minimum Gasteiger partial charge on any atom is -0.391 e. The van der Waals surface area contributed by atoms with Gasteiger partial charge in [-0.3, -0.25) is 4.79 Å². The molecule has 2 aromatic rings. The van der Waals surface area contributed by atoms with Gasteiger partial charge in [-0.2, -0.15) is 0 Å². The van der Waals surface area contributed by atoms with Crippen LogP contribution < -0.4 is 5.56 Å². The van der Waals surface area contributed by atoms with Crippen molar-refractivity contribution in [2.24, 2.45) is 0 Å². The van der Waals surface area contributed by atoms with Crippen LogP contribution in [0.25, 0.3) is 0 Å². The lowest BCUT2D eigenvalue weighted by Gasteiger charge is -2.14. The molecule has 1 fully saturated rings. The molecule has 1 aliphatic rings. The highest BCUT2D eigenvalue weighted by molar-refractivity contribution is 5.39. The summed E-state index contributed by atoms with van der Waals surface area (Å²) in [6, 6.07) is 10.1. The Kier molecular flexibility index (Phi) is 2.52. The normalized spacial score (nSPS) is 16.5. The van der Waals surface area contributed by atoms with Gasteiger partial charge in [0.2, 0.25) is 0 Å². The highest BCUT2D eigenvalue weighted by Gasteiger charge is 2.48. The Morgan fingerprint density at radius 2 is 2.00 bits per heavy atom. The van der Waals surface area contributed by atoms with E-state index in [0.717, 1.165) is 12.8 Å². The molecule has 1 aromatic heterocycles. The van der Waals surface area contributed by atoms with E-state index in [1.807, 2.05) is 18.2 Å². The van der Waals surface area contributed by atoms with Gasteiger partial charge in [0.25, 0.3) is 5.56 Å². The quantitative estimate of drug-likeness (QED) is 0.853. The number of H-pyrrole nitrogens is 1. The summed E-state index contributed by atoms with van der Waals surface area (Å²) in [5.74, 6) is 0.705. The first-order valence-corrected chi connectivity index (χ1v) is 6.01. The summed E-state index contributed by atoms with van der Waals surface area (Å²) in [4.78, 5) is 18.8. The van der Waals surface area contributed by atoms with Crippen molar-refractivity contribution in [3.8, 4) is 0 Å². The fourth-order valence-corrected chi connectivity index (χ4v) is 2.32. The van der Waals surface area contributed by atoms with Crippen LogP contribution in [0.3, 0.4) is 0 Å². The summed E-state index contributed by atoms with van der Waals surface area (Å²) in [5.41, 5.74) is 1.12. The van der Waals surface area contributed by atoms with E-state index in [0.29, 0.717) is 11.4 Å². The third kappa shape index (κ3) is 1.66. The molecule has 18 heavy (non-hydrogen) atoms. The van der Waals surface area contributed by atoms with Gasteiger partial charge in [-0.25, -0.2) is 4.98 Å². The van der Waals surface area contributed by atoms with Gasteiger partial charge in [-0.05, 0) is 18.4 Å². The Morgan fingerprint density at radius 3 is 2.56 bits per heavy atom. The van der Waals surface area contributed by atoms with Crippen molar-refractivity contribution in [2.45, 2.75) is 24.9 Å². The van der Waals surface area contributed by atoms with E-state index in [1.54, 1.807) is 0 Å². The summed E-state index contributed by atoms with van der Waals surface area (Å²) in [7, 11) is 0. The van der Waals surface area contributed by atoms with Crippen LogP contribution in [-0.2, 0) is 12.0 Å². The molecule has 2 N–H and O–H groups in total. The maximum atomic E-state index is 11.7. The second-order valence-electron chi connectivity index (χ2n) is 4.69. The first kappa shape index (κ1) is 11.2. The van der Waals surface area contributed by atoms with Gasteiger partial charge in [-0.1, -0.05) is 30.3 Å². The number of benzene rings is 1. The lowest BCUT2D eigenvalue weighted by atomic mass is 9.95. The molecule has 0 spiro atoms. The van der Waals surface area contributed by atoms with Gasteiger partial charge in [-0.15, -0.1) is 0 Å². The lowest BCUT2D eigenvalue weighted by molar-refractivity contribution is 0.279. The molecule has 1 aromatic carbocycles. The molecule has 3 rings (SSSR count). The standard InChI is InChI=1S/C14H14N2O2/c17-9-10-8-15-13(16-12(10)18)14(6-7-14)11-4-2-1-3-5-11/h1-5,8,17H,6-7,9H2,(H,15,16,18). The minimum atomic E-state index is -0.277. The van der Waals surface area contributed by atoms with Crippen LogP contribution in [0.15, 0.2) is 41.3 Å². The van der Waals surface area contributed by atoms with Gasteiger partial charge < -0.3 is 10.1 Å². The predicted octanol–water partition coefficient (Wildman–Crippen LogP) is 1.34. The van der Waals surface area contributed by atoms with Crippen LogP contribution in [-0.4, -0.2) is 15.1 Å². The monoisotopic (exact) mass is 242 g/mol. The van der Waals surface area contributed by atoms with E-state index >= 15 is 0 Å². The molecule has 4 heteroatoms. The molecule has 0 radical (unpaired) electrons. The number of hydrogen-bond acceptors (Lipinski definition) is 3. The Bertz CT molecular complexity index is 615. The van der Waals surface area contributed by atoms with E-state index in [4.69, 9.17) is 5.11 Å². The Morgan fingerprint density at radius 1 is 1.28 bits per heavy atom. The summed E-state index contributed by atoms with van der Waals surface area (Å²) in [6.45, 7) is -0.277. The molecule has 1 aliphatic carbocycles. The maximum Gasteiger partial charge on any atom is 0.256 e. The molecule has 0 bridgehead atoms. The van der Waals surface area contributed by atoms with Crippen molar-refractivity contribution >= 4 is 0 Å². The van der Waals surface area contributed by atoms with Crippen LogP contribution in [0, 0.1) is 0 Å². The van der Waals surface area contributed by atoms with Crippen LogP contribution >= 0.6 is 0 Å². The highest BCUT2D eigenvalue weighted by atomic mass is 16.3. The van der Waals surface area contributed by atoms with E-state index < -0.39 is 0 Å². The largest absolute Gasteiger partial charge is 0.391 e. The topological polar surface area (TPSA) is 66.0 Å². The second kappa shape index (κ2) is 4.07. The van der Waals surface area contributed by atoms with Gasteiger partial charge in [0.15, 0.2) is 0 Å². The van der Waals surface area contributed by atoms with E-state index in [2.05, 4.69) is 22.1 Å². The number of rotatable bonds is 3. The van der Waals surface area contributed by atoms with Crippen molar-refractivity contribution in [3.05, 3.63) is 63.8 Å². The van der Waals surface area contributed by atoms with Crippen molar-refractivity contribution in [2.75, 3.05) is 0 Å². The zero-order chi connectivity index (χ0) is 12.6.